The first-order valence-electron chi connectivity index (χ1n) is 7.32. The van der Waals surface area contributed by atoms with Crippen LogP contribution in [0.15, 0.2) is 11.4 Å². The predicted octanol–water partition coefficient (Wildman–Crippen LogP) is 3.14. The number of nitrogen functional groups attached to an aromatic ring is 1. The summed E-state index contributed by atoms with van der Waals surface area (Å²) < 4.78 is 0. The maximum atomic E-state index is 5.51. The molecular formula is C14H21N5S. The van der Waals surface area contributed by atoms with Crippen molar-refractivity contribution in [3.8, 4) is 0 Å². The second-order valence-corrected chi connectivity index (χ2v) is 6.13. The van der Waals surface area contributed by atoms with Gasteiger partial charge in [-0.3, -0.25) is 5.43 Å². The van der Waals surface area contributed by atoms with E-state index in [2.05, 4.69) is 38.7 Å². The van der Waals surface area contributed by atoms with Gasteiger partial charge in [0.15, 0.2) is 0 Å². The van der Waals surface area contributed by atoms with Gasteiger partial charge in [-0.05, 0) is 31.2 Å². The van der Waals surface area contributed by atoms with Crippen LogP contribution in [-0.2, 0) is 0 Å². The van der Waals surface area contributed by atoms with Crippen LogP contribution >= 0.6 is 11.3 Å². The van der Waals surface area contributed by atoms with Gasteiger partial charge in [-0.1, -0.05) is 19.3 Å². The Morgan fingerprint density at radius 1 is 1.35 bits per heavy atom. The van der Waals surface area contributed by atoms with E-state index >= 15 is 0 Å². The van der Waals surface area contributed by atoms with Crippen molar-refractivity contribution in [2.24, 2.45) is 5.84 Å². The zero-order chi connectivity index (χ0) is 13.9. The fraction of sp³-hybridized carbons (Fsp3) is 0.571. The van der Waals surface area contributed by atoms with Crippen LogP contribution in [-0.4, -0.2) is 22.6 Å². The number of thiophene rings is 1. The Hall–Kier alpha value is -1.40. The van der Waals surface area contributed by atoms with Crippen LogP contribution in [0.4, 0.5) is 11.8 Å². The lowest BCUT2D eigenvalue weighted by Gasteiger charge is -2.34. The first-order valence-corrected chi connectivity index (χ1v) is 8.20. The van der Waals surface area contributed by atoms with Gasteiger partial charge >= 0.3 is 0 Å². The highest BCUT2D eigenvalue weighted by molar-refractivity contribution is 7.16. The monoisotopic (exact) mass is 291 g/mol. The first-order chi connectivity index (χ1) is 9.83. The van der Waals surface area contributed by atoms with Gasteiger partial charge in [0.2, 0.25) is 5.95 Å². The number of hydrazine groups is 1. The van der Waals surface area contributed by atoms with Crippen molar-refractivity contribution in [1.82, 2.24) is 9.97 Å². The number of fused-ring (bicyclic) bond motifs is 1. The molecule has 0 radical (unpaired) electrons. The molecule has 6 heteroatoms. The second kappa shape index (κ2) is 5.93. The summed E-state index contributed by atoms with van der Waals surface area (Å²) in [4.78, 5) is 12.5. The molecule has 0 atom stereocenters. The third-order valence-electron chi connectivity index (χ3n) is 4.06. The molecule has 108 valence electrons. The number of nitrogens with one attached hydrogen (secondary N) is 1. The van der Waals surface area contributed by atoms with Crippen molar-refractivity contribution < 1.29 is 0 Å². The zero-order valence-corrected chi connectivity index (χ0v) is 12.6. The highest BCUT2D eigenvalue weighted by atomic mass is 32.1. The summed E-state index contributed by atoms with van der Waals surface area (Å²) in [5, 5.41) is 3.21. The first kappa shape index (κ1) is 13.6. The number of aromatic nitrogens is 2. The van der Waals surface area contributed by atoms with Gasteiger partial charge in [-0.2, -0.15) is 4.98 Å². The maximum Gasteiger partial charge on any atom is 0.240 e. The van der Waals surface area contributed by atoms with Crippen LogP contribution in [0, 0.1) is 0 Å². The van der Waals surface area contributed by atoms with E-state index < -0.39 is 0 Å². The van der Waals surface area contributed by atoms with Crippen molar-refractivity contribution in [3.63, 3.8) is 0 Å². The second-order valence-electron chi connectivity index (χ2n) is 5.23. The minimum Gasteiger partial charge on any atom is -0.353 e. The molecular weight excluding hydrogens is 270 g/mol. The standard InChI is InChI=1S/C14H21N5S/c1-2-19(10-6-4-3-5-7-10)12-11-8-9-20-13(11)17-14(16-12)18-15/h8-10H,2-7,15H2,1H3,(H,16,17,18). The molecule has 0 aliphatic heterocycles. The van der Waals surface area contributed by atoms with E-state index in [9.17, 15) is 0 Å². The third-order valence-corrected chi connectivity index (χ3v) is 4.87. The highest BCUT2D eigenvalue weighted by Crippen LogP contribution is 2.33. The molecule has 0 unspecified atom stereocenters. The Balaban J connectivity index is 2.03. The Labute approximate surface area is 123 Å². The molecule has 1 aliphatic carbocycles. The van der Waals surface area contributed by atoms with Crippen LogP contribution < -0.4 is 16.2 Å². The summed E-state index contributed by atoms with van der Waals surface area (Å²) in [6.45, 7) is 3.17. The number of hydrogen-bond acceptors (Lipinski definition) is 6. The molecule has 2 aromatic heterocycles. The largest absolute Gasteiger partial charge is 0.353 e. The number of rotatable bonds is 4. The van der Waals surface area contributed by atoms with Gasteiger partial charge in [0, 0.05) is 12.6 Å². The van der Waals surface area contributed by atoms with Gasteiger partial charge in [0.05, 0.1) is 5.39 Å². The molecule has 3 N–H and O–H groups in total. The van der Waals surface area contributed by atoms with Crippen molar-refractivity contribution in [1.29, 1.82) is 0 Å². The molecule has 20 heavy (non-hydrogen) atoms. The van der Waals surface area contributed by atoms with E-state index in [0.29, 0.717) is 12.0 Å². The molecule has 0 saturated heterocycles. The minimum absolute atomic E-state index is 0.504. The fourth-order valence-electron chi connectivity index (χ4n) is 3.10. The summed E-state index contributed by atoms with van der Waals surface area (Å²) in [6.07, 6.45) is 6.52. The van der Waals surface area contributed by atoms with E-state index in [1.165, 1.54) is 32.1 Å². The van der Waals surface area contributed by atoms with Crippen LogP contribution in [0.3, 0.4) is 0 Å². The summed E-state index contributed by atoms with van der Waals surface area (Å²) in [6, 6.07) is 2.71. The molecule has 0 spiro atoms. The van der Waals surface area contributed by atoms with Crippen LogP contribution in [0.1, 0.15) is 39.0 Å². The molecule has 5 nitrogen and oxygen atoms in total. The molecule has 3 rings (SSSR count). The Morgan fingerprint density at radius 3 is 2.85 bits per heavy atom. The van der Waals surface area contributed by atoms with E-state index in [1.54, 1.807) is 11.3 Å². The maximum absolute atomic E-state index is 5.51. The van der Waals surface area contributed by atoms with Crippen molar-refractivity contribution in [3.05, 3.63) is 11.4 Å². The van der Waals surface area contributed by atoms with E-state index in [1.807, 2.05) is 0 Å². The Kier molecular flexibility index (Phi) is 4.03. The molecule has 1 fully saturated rings. The normalized spacial score (nSPS) is 16.5. The van der Waals surface area contributed by atoms with Crippen LogP contribution in [0.5, 0.6) is 0 Å². The minimum atomic E-state index is 0.504. The van der Waals surface area contributed by atoms with Gasteiger partial charge < -0.3 is 4.90 Å². The average Bonchev–Trinajstić information content (AvgIpc) is 2.97. The molecule has 2 aromatic rings. The van der Waals surface area contributed by atoms with Gasteiger partial charge in [-0.25, -0.2) is 10.8 Å². The van der Waals surface area contributed by atoms with Crippen LogP contribution in [0.2, 0.25) is 0 Å². The van der Waals surface area contributed by atoms with E-state index in [-0.39, 0.29) is 0 Å². The number of nitrogens with two attached hydrogens (primary N) is 1. The van der Waals surface area contributed by atoms with Crippen molar-refractivity contribution in [2.75, 3.05) is 16.9 Å². The van der Waals surface area contributed by atoms with E-state index in [0.717, 1.165) is 22.6 Å². The van der Waals surface area contributed by atoms with Gasteiger partial charge in [0.25, 0.3) is 0 Å². The quantitative estimate of drug-likeness (QED) is 0.669. The Morgan fingerprint density at radius 2 is 2.15 bits per heavy atom. The summed E-state index contributed by atoms with van der Waals surface area (Å²) >= 11 is 1.63. The molecule has 0 aromatic carbocycles. The molecule has 0 amide bonds. The lowest BCUT2D eigenvalue weighted by molar-refractivity contribution is 0.417. The summed E-state index contributed by atoms with van der Waals surface area (Å²) in [5.41, 5.74) is 2.59. The summed E-state index contributed by atoms with van der Waals surface area (Å²) in [5.74, 6) is 7.04. The SMILES string of the molecule is CCN(c1nc(NN)nc2sccc12)C1CCCCC1. The lowest BCUT2D eigenvalue weighted by Crippen LogP contribution is -2.37. The average molecular weight is 291 g/mol. The van der Waals surface area contributed by atoms with E-state index in [4.69, 9.17) is 5.84 Å². The third kappa shape index (κ3) is 2.45. The fourth-order valence-corrected chi connectivity index (χ4v) is 3.86. The number of hydrogen-bond donors (Lipinski definition) is 2. The topological polar surface area (TPSA) is 67.1 Å². The van der Waals surface area contributed by atoms with Gasteiger partial charge in [-0.15, -0.1) is 11.3 Å². The smallest absolute Gasteiger partial charge is 0.240 e. The highest BCUT2D eigenvalue weighted by Gasteiger charge is 2.23. The van der Waals surface area contributed by atoms with Gasteiger partial charge in [0.1, 0.15) is 10.6 Å². The zero-order valence-electron chi connectivity index (χ0n) is 11.8. The number of nitrogens with zero attached hydrogens (tertiary/aromatic N) is 3. The lowest BCUT2D eigenvalue weighted by atomic mass is 9.94. The molecule has 0 bridgehead atoms. The Bertz CT molecular complexity index is 576. The molecule has 1 aliphatic rings. The molecule has 2 heterocycles. The molecule has 1 saturated carbocycles. The van der Waals surface area contributed by atoms with Crippen molar-refractivity contribution >= 4 is 33.3 Å². The van der Waals surface area contributed by atoms with Crippen LogP contribution in [0.25, 0.3) is 10.2 Å². The predicted molar refractivity (Wildman–Crippen MR) is 85.1 cm³/mol. The summed E-state index contributed by atoms with van der Waals surface area (Å²) in [7, 11) is 0. The van der Waals surface area contributed by atoms with Crippen molar-refractivity contribution in [2.45, 2.75) is 45.1 Å². The number of anilines is 2.